The van der Waals surface area contributed by atoms with Crippen LogP contribution in [-0.2, 0) is 12.2 Å². The molecule has 1 aliphatic carbocycles. The number of hydrogen-bond donors (Lipinski definition) is 3. The van der Waals surface area contributed by atoms with Crippen molar-refractivity contribution in [2.75, 3.05) is 0 Å². The summed E-state index contributed by atoms with van der Waals surface area (Å²) in [4.78, 5) is 4.07. The highest BCUT2D eigenvalue weighted by Crippen LogP contribution is 2.43. The molecular weight excluding hydrogens is 366 g/mol. The smallest absolute Gasteiger partial charge is 0.176 e. The molecule has 4 nitrogen and oxygen atoms in total. The summed E-state index contributed by atoms with van der Waals surface area (Å²) in [6.07, 6.45) is -0.590. The third-order valence-corrected chi connectivity index (χ3v) is 5.23. The standard InChI is InChI=1S/C18H19Cl2FN2O2/c1-10-7-11(19)8-14(20)12(10)9-23-17(25)18(21)5-4-15(24)16-13(18)3-2-6-22-16/h2-3,6-8,15,17,23-25H,4-5,9H2,1H3. The number of rotatable bonds is 4. The van der Waals surface area contributed by atoms with Crippen LogP contribution in [0.4, 0.5) is 4.39 Å². The molecule has 0 fully saturated rings. The van der Waals surface area contributed by atoms with Crippen LogP contribution in [0.2, 0.25) is 10.0 Å². The van der Waals surface area contributed by atoms with E-state index < -0.39 is 18.0 Å². The average molecular weight is 385 g/mol. The number of nitrogens with one attached hydrogen (secondary N) is 1. The van der Waals surface area contributed by atoms with E-state index in [4.69, 9.17) is 23.2 Å². The topological polar surface area (TPSA) is 65.4 Å². The van der Waals surface area contributed by atoms with Gasteiger partial charge in [-0.2, -0.15) is 0 Å². The van der Waals surface area contributed by atoms with E-state index in [9.17, 15) is 10.2 Å². The summed E-state index contributed by atoms with van der Waals surface area (Å²) in [6, 6.07) is 6.52. The van der Waals surface area contributed by atoms with Crippen LogP contribution in [0, 0.1) is 6.92 Å². The van der Waals surface area contributed by atoms with E-state index in [-0.39, 0.29) is 30.6 Å². The van der Waals surface area contributed by atoms with Crippen molar-refractivity contribution in [3.63, 3.8) is 0 Å². The van der Waals surface area contributed by atoms with Gasteiger partial charge in [-0.25, -0.2) is 4.39 Å². The van der Waals surface area contributed by atoms with Crippen molar-refractivity contribution in [2.45, 2.75) is 44.3 Å². The second-order valence-corrected chi connectivity index (χ2v) is 7.16. The van der Waals surface area contributed by atoms with Gasteiger partial charge in [-0.1, -0.05) is 29.3 Å². The Bertz CT molecular complexity index is 766. The summed E-state index contributed by atoms with van der Waals surface area (Å²) in [5.41, 5.74) is 0.0583. The molecule has 0 radical (unpaired) electrons. The van der Waals surface area contributed by atoms with E-state index in [1.54, 1.807) is 24.3 Å². The lowest BCUT2D eigenvalue weighted by Crippen LogP contribution is -2.48. The van der Waals surface area contributed by atoms with Gasteiger partial charge in [0.2, 0.25) is 0 Å². The van der Waals surface area contributed by atoms with Gasteiger partial charge >= 0.3 is 0 Å². The van der Waals surface area contributed by atoms with Crippen LogP contribution >= 0.6 is 23.2 Å². The van der Waals surface area contributed by atoms with Gasteiger partial charge in [0, 0.05) is 28.4 Å². The Hall–Kier alpha value is -1.24. The Kier molecular flexibility index (Phi) is 5.32. The molecule has 0 aliphatic heterocycles. The van der Waals surface area contributed by atoms with Gasteiger partial charge < -0.3 is 10.2 Å². The SMILES string of the molecule is Cc1cc(Cl)cc(Cl)c1CNC(O)C1(F)CCC(O)c2ncccc21. The van der Waals surface area contributed by atoms with Gasteiger partial charge in [0.15, 0.2) is 5.67 Å². The number of fused-ring (bicyclic) bond motifs is 1. The fourth-order valence-electron chi connectivity index (χ4n) is 3.25. The third kappa shape index (κ3) is 3.52. The largest absolute Gasteiger partial charge is 0.387 e. The molecule has 1 heterocycles. The number of benzene rings is 1. The van der Waals surface area contributed by atoms with Gasteiger partial charge in [-0.15, -0.1) is 0 Å². The van der Waals surface area contributed by atoms with Crippen LogP contribution in [0.5, 0.6) is 0 Å². The van der Waals surface area contributed by atoms with Crippen molar-refractivity contribution >= 4 is 23.2 Å². The fourth-order valence-corrected chi connectivity index (χ4v) is 3.92. The lowest BCUT2D eigenvalue weighted by Gasteiger charge is -2.37. The summed E-state index contributed by atoms with van der Waals surface area (Å²) in [5, 5.41) is 24.3. The molecule has 0 saturated carbocycles. The Labute approximate surface area is 155 Å². The maximum absolute atomic E-state index is 15.6. The monoisotopic (exact) mass is 384 g/mol. The van der Waals surface area contributed by atoms with E-state index in [1.807, 2.05) is 6.92 Å². The number of aryl methyl sites for hydroxylation is 1. The van der Waals surface area contributed by atoms with Crippen molar-refractivity contribution in [3.8, 4) is 0 Å². The highest BCUT2D eigenvalue weighted by atomic mass is 35.5. The van der Waals surface area contributed by atoms with Crippen molar-refractivity contribution in [3.05, 3.63) is 62.9 Å². The van der Waals surface area contributed by atoms with Crippen molar-refractivity contribution in [1.29, 1.82) is 0 Å². The average Bonchev–Trinajstić information content (AvgIpc) is 2.57. The first-order chi connectivity index (χ1) is 11.8. The van der Waals surface area contributed by atoms with Crippen LogP contribution in [0.3, 0.4) is 0 Å². The van der Waals surface area contributed by atoms with Gasteiger partial charge in [0.25, 0.3) is 0 Å². The minimum atomic E-state index is -2.03. The predicted octanol–water partition coefficient (Wildman–Crippen LogP) is 3.80. The first-order valence-electron chi connectivity index (χ1n) is 8.01. The van der Waals surface area contributed by atoms with Crippen molar-refractivity contribution in [2.24, 2.45) is 0 Å². The Morgan fingerprint density at radius 3 is 2.92 bits per heavy atom. The fraction of sp³-hybridized carbons (Fsp3) is 0.389. The zero-order valence-corrected chi connectivity index (χ0v) is 15.2. The molecule has 3 unspecified atom stereocenters. The quantitative estimate of drug-likeness (QED) is 0.701. The van der Waals surface area contributed by atoms with Gasteiger partial charge in [0.05, 0.1) is 11.8 Å². The van der Waals surface area contributed by atoms with Gasteiger partial charge in [-0.3, -0.25) is 10.3 Å². The van der Waals surface area contributed by atoms with Crippen molar-refractivity contribution < 1.29 is 14.6 Å². The molecule has 1 aromatic carbocycles. The molecule has 0 bridgehead atoms. The second kappa shape index (κ2) is 7.17. The van der Waals surface area contributed by atoms with E-state index in [1.165, 1.54) is 6.20 Å². The van der Waals surface area contributed by atoms with E-state index >= 15 is 4.39 Å². The number of pyridine rings is 1. The summed E-state index contributed by atoms with van der Waals surface area (Å²) >= 11 is 12.1. The van der Waals surface area contributed by atoms with E-state index in [2.05, 4.69) is 10.3 Å². The molecule has 1 aromatic heterocycles. The number of hydrogen-bond acceptors (Lipinski definition) is 4. The molecule has 0 amide bonds. The van der Waals surface area contributed by atoms with Crippen LogP contribution in [0.25, 0.3) is 0 Å². The Morgan fingerprint density at radius 1 is 1.44 bits per heavy atom. The van der Waals surface area contributed by atoms with Crippen molar-refractivity contribution in [1.82, 2.24) is 10.3 Å². The molecule has 2 aromatic rings. The highest BCUT2D eigenvalue weighted by Gasteiger charge is 2.46. The first-order valence-corrected chi connectivity index (χ1v) is 8.77. The van der Waals surface area contributed by atoms with Crippen LogP contribution in [0.1, 0.15) is 41.3 Å². The number of alkyl halides is 1. The van der Waals surface area contributed by atoms with Gasteiger partial charge in [0.1, 0.15) is 6.23 Å². The summed E-state index contributed by atoms with van der Waals surface area (Å²) in [6.45, 7) is 2.04. The minimum Gasteiger partial charge on any atom is -0.387 e. The number of nitrogens with zero attached hydrogens (tertiary/aromatic N) is 1. The summed E-state index contributed by atoms with van der Waals surface area (Å²) in [7, 11) is 0. The number of aliphatic hydroxyl groups excluding tert-OH is 2. The maximum atomic E-state index is 15.6. The summed E-state index contributed by atoms with van der Waals surface area (Å²) in [5.74, 6) is 0. The summed E-state index contributed by atoms with van der Waals surface area (Å²) < 4.78 is 15.6. The molecular formula is C18H19Cl2FN2O2. The van der Waals surface area contributed by atoms with Gasteiger partial charge in [-0.05, 0) is 49.1 Å². The molecule has 3 N–H and O–H groups in total. The van der Waals surface area contributed by atoms with Crippen LogP contribution in [-0.4, -0.2) is 21.4 Å². The molecule has 0 saturated heterocycles. The number of aliphatic hydroxyl groups is 2. The normalized spacial score (nSPS) is 24.0. The molecule has 3 rings (SSSR count). The van der Waals surface area contributed by atoms with Crippen LogP contribution in [0.15, 0.2) is 30.5 Å². The van der Waals surface area contributed by atoms with E-state index in [0.717, 1.165) is 11.1 Å². The maximum Gasteiger partial charge on any atom is 0.176 e. The molecule has 25 heavy (non-hydrogen) atoms. The Balaban J connectivity index is 1.82. The lowest BCUT2D eigenvalue weighted by molar-refractivity contribution is -0.0592. The lowest BCUT2D eigenvalue weighted by atomic mass is 9.80. The zero-order chi connectivity index (χ0) is 18.2. The molecule has 0 spiro atoms. The number of aromatic nitrogens is 1. The number of halogens is 3. The predicted molar refractivity (Wildman–Crippen MR) is 95.3 cm³/mol. The van der Waals surface area contributed by atoms with E-state index in [0.29, 0.717) is 10.0 Å². The second-order valence-electron chi connectivity index (χ2n) is 6.32. The highest BCUT2D eigenvalue weighted by molar-refractivity contribution is 6.35. The molecule has 3 atom stereocenters. The Morgan fingerprint density at radius 2 is 2.20 bits per heavy atom. The first kappa shape index (κ1) is 18.5. The molecule has 134 valence electrons. The molecule has 1 aliphatic rings. The zero-order valence-electron chi connectivity index (χ0n) is 13.6. The molecule has 7 heteroatoms. The van der Waals surface area contributed by atoms with Crippen LogP contribution < -0.4 is 5.32 Å². The minimum absolute atomic E-state index is 0.00560. The third-order valence-electron chi connectivity index (χ3n) is 4.67.